The summed E-state index contributed by atoms with van der Waals surface area (Å²) in [6.07, 6.45) is 0. The molecule has 0 amide bonds. The lowest BCUT2D eigenvalue weighted by atomic mass is 10.3. The van der Waals surface area contributed by atoms with E-state index in [1.807, 2.05) is 42.5 Å². The molecular weight excluding hydrogens is 851 g/mol. The molecular formula is C54H43NO2P4S. The van der Waals surface area contributed by atoms with Crippen LogP contribution in [0.25, 0.3) is 0 Å². The maximum absolute atomic E-state index is 7.06. The predicted molar refractivity (Wildman–Crippen MR) is 273 cm³/mol. The molecule has 0 fully saturated rings. The highest BCUT2D eigenvalue weighted by Crippen LogP contribution is 2.61. The zero-order valence-electron chi connectivity index (χ0n) is 33.8. The summed E-state index contributed by atoms with van der Waals surface area (Å²) in [4.78, 5) is 0. The van der Waals surface area contributed by atoms with Crippen molar-refractivity contribution in [1.82, 2.24) is 0 Å². The van der Waals surface area contributed by atoms with Gasteiger partial charge >= 0.3 is 6.64 Å². The maximum atomic E-state index is 7.06. The molecule has 0 aliphatic rings. The highest BCUT2D eigenvalue weighted by Gasteiger charge is 2.34. The Hall–Kier alpha value is -5.68. The van der Waals surface area contributed by atoms with E-state index in [1.54, 1.807) is 0 Å². The molecule has 0 heterocycles. The van der Waals surface area contributed by atoms with E-state index in [9.17, 15) is 0 Å². The first-order valence-electron chi connectivity index (χ1n) is 20.4. The third-order valence-corrected chi connectivity index (χ3v) is 22.3. The van der Waals surface area contributed by atoms with E-state index in [0.717, 1.165) is 15.9 Å². The molecule has 3 nitrogen and oxygen atoms in total. The second-order valence-electron chi connectivity index (χ2n) is 14.4. The second kappa shape index (κ2) is 19.6. The van der Waals surface area contributed by atoms with Crippen LogP contribution in [0.3, 0.4) is 0 Å². The van der Waals surface area contributed by atoms with E-state index in [4.69, 9.17) is 25.4 Å². The summed E-state index contributed by atoms with van der Waals surface area (Å²) in [6.45, 7) is -3.57. The van der Waals surface area contributed by atoms with Gasteiger partial charge in [0.1, 0.15) is 11.5 Å². The topological polar surface area (TPSA) is 30.8 Å². The third kappa shape index (κ3) is 9.38. The molecule has 62 heavy (non-hydrogen) atoms. The van der Waals surface area contributed by atoms with Crippen LogP contribution in [0.4, 0.5) is 0 Å². The summed E-state index contributed by atoms with van der Waals surface area (Å²) in [7, 11) is -4.45. The average molecular weight is 894 g/mol. The Morgan fingerprint density at radius 3 is 0.774 bits per heavy atom. The lowest BCUT2D eigenvalue weighted by molar-refractivity contribution is 0.489. The summed E-state index contributed by atoms with van der Waals surface area (Å²) >= 11 is 6.72. The number of hydrogen-bond acceptors (Lipinski definition) is 3. The van der Waals surface area contributed by atoms with Crippen LogP contribution in [0, 0.1) is 0 Å². The molecule has 9 aromatic carbocycles. The maximum Gasteiger partial charge on any atom is 0.413 e. The molecule has 0 saturated carbocycles. The van der Waals surface area contributed by atoms with Crippen molar-refractivity contribution in [3.8, 4) is 11.5 Å². The standard InChI is InChI=1S/C54H43NO2P4S/c62-61(55-60(52-30-16-5-17-31-52,53-32-18-6-19-33-53)54-34-20-7-21-35-54,56-44-36-40-50(41-37-44)58(46-22-8-1-9-23-46)47-24-10-2-11-25-47)57-45-38-42-51(43-39-45)59(48-26-12-3-13-27-48)49-28-14-4-15-29-49/h1-43H. The minimum atomic E-state index is -3.57. The van der Waals surface area contributed by atoms with Gasteiger partial charge in [-0.15, -0.1) is 0 Å². The quantitative estimate of drug-likeness (QED) is 0.102. The van der Waals surface area contributed by atoms with Crippen molar-refractivity contribution in [1.29, 1.82) is 0 Å². The molecule has 0 bridgehead atoms. The van der Waals surface area contributed by atoms with Crippen molar-refractivity contribution in [3.05, 3.63) is 261 Å². The summed E-state index contributed by atoms with van der Waals surface area (Å²) in [5.74, 6) is 1.22. The zero-order valence-corrected chi connectivity index (χ0v) is 38.2. The predicted octanol–water partition coefficient (Wildman–Crippen LogP) is 11.1. The van der Waals surface area contributed by atoms with Gasteiger partial charge in [-0.25, -0.2) is 0 Å². The Kier molecular flexibility index (Phi) is 13.2. The van der Waals surface area contributed by atoms with E-state index in [0.29, 0.717) is 11.5 Å². The van der Waals surface area contributed by atoms with Gasteiger partial charge in [0, 0.05) is 27.7 Å². The van der Waals surface area contributed by atoms with Gasteiger partial charge in [0.2, 0.25) is 0 Å². The summed E-state index contributed by atoms with van der Waals surface area (Å²) in [6, 6.07) is 91.1. The normalized spacial score (nSPS) is 11.6. The molecule has 0 aliphatic heterocycles. The number of hydrogen-bond donors (Lipinski definition) is 0. The van der Waals surface area contributed by atoms with Gasteiger partial charge in [-0.3, -0.25) is 0 Å². The second-order valence-corrected chi connectivity index (χ2v) is 25.0. The molecule has 8 heteroatoms. The van der Waals surface area contributed by atoms with Gasteiger partial charge in [0.05, 0.1) is 7.05 Å². The summed E-state index contributed by atoms with van der Waals surface area (Å²) in [5.41, 5.74) is 0. The first kappa shape index (κ1) is 41.7. The zero-order chi connectivity index (χ0) is 42.0. The first-order chi connectivity index (χ1) is 30.6. The Balaban J connectivity index is 1.17. The van der Waals surface area contributed by atoms with Crippen LogP contribution in [0.2, 0.25) is 0 Å². The fourth-order valence-electron chi connectivity index (χ4n) is 7.53. The molecule has 0 radical (unpaired) electrons. The minimum Gasteiger partial charge on any atom is -0.419 e. The Labute approximate surface area is 372 Å². The molecule has 0 aliphatic carbocycles. The van der Waals surface area contributed by atoms with E-state index >= 15 is 0 Å². The summed E-state index contributed by atoms with van der Waals surface area (Å²) < 4.78 is 20.0. The van der Waals surface area contributed by atoms with Gasteiger partial charge < -0.3 is 9.05 Å². The largest absolute Gasteiger partial charge is 0.419 e. The van der Waals surface area contributed by atoms with Crippen molar-refractivity contribution < 1.29 is 9.05 Å². The van der Waals surface area contributed by atoms with Crippen molar-refractivity contribution in [2.24, 2.45) is 4.52 Å². The minimum absolute atomic E-state index is 0.609. The SMILES string of the molecule is S=P(N=P(c1ccccc1)(c1ccccc1)c1ccccc1)(Oc1ccc(P(c2ccccc2)c2ccccc2)cc1)Oc1ccc(P(c2ccccc2)c2ccccc2)cc1. The van der Waals surface area contributed by atoms with Crippen LogP contribution in [0.15, 0.2) is 265 Å². The third-order valence-electron chi connectivity index (χ3n) is 10.3. The fraction of sp³-hybridized carbons (Fsp3) is 0. The number of rotatable bonds is 14. The van der Waals surface area contributed by atoms with Crippen molar-refractivity contribution in [2.75, 3.05) is 0 Å². The van der Waals surface area contributed by atoms with Gasteiger partial charge in [-0.05, 0) is 71.9 Å². The Bertz CT molecular complexity index is 2600. The van der Waals surface area contributed by atoms with Gasteiger partial charge in [-0.2, -0.15) is 4.52 Å². The molecule has 302 valence electrons. The first-order valence-corrected chi connectivity index (χ1v) is 27.4. The summed E-state index contributed by atoms with van der Waals surface area (Å²) in [5, 5.41) is 10.7. The Morgan fingerprint density at radius 1 is 0.290 bits per heavy atom. The van der Waals surface area contributed by atoms with Gasteiger partial charge in [-0.1, -0.05) is 237 Å². The Morgan fingerprint density at radius 2 is 0.516 bits per heavy atom. The van der Waals surface area contributed by atoms with Gasteiger partial charge in [0.15, 0.2) is 0 Å². The average Bonchev–Trinajstić information content (AvgIpc) is 3.34. The lowest BCUT2D eigenvalue weighted by Crippen LogP contribution is -2.25. The fourth-order valence-corrected chi connectivity index (χ4v) is 20.0. The highest BCUT2D eigenvalue weighted by atomic mass is 32.5. The molecule has 0 unspecified atom stereocenters. The molecule has 0 atom stereocenters. The van der Waals surface area contributed by atoms with Crippen LogP contribution >= 0.6 is 29.5 Å². The van der Waals surface area contributed by atoms with E-state index in [-0.39, 0.29) is 0 Å². The van der Waals surface area contributed by atoms with E-state index in [2.05, 4.69) is 218 Å². The molecule has 0 N–H and O–H groups in total. The van der Waals surface area contributed by atoms with E-state index in [1.165, 1.54) is 31.8 Å². The molecule has 0 saturated heterocycles. The van der Waals surface area contributed by atoms with Crippen molar-refractivity contribution in [3.63, 3.8) is 0 Å². The number of nitrogens with zero attached hydrogens (tertiary/aromatic N) is 1. The van der Waals surface area contributed by atoms with Crippen molar-refractivity contribution in [2.45, 2.75) is 0 Å². The molecule has 0 spiro atoms. The van der Waals surface area contributed by atoms with Crippen LogP contribution in [0.5, 0.6) is 11.5 Å². The monoisotopic (exact) mass is 893 g/mol. The van der Waals surface area contributed by atoms with Crippen LogP contribution in [0.1, 0.15) is 0 Å². The van der Waals surface area contributed by atoms with Crippen LogP contribution in [-0.2, 0) is 11.8 Å². The smallest absolute Gasteiger partial charge is 0.413 e. The van der Waals surface area contributed by atoms with Crippen LogP contribution < -0.4 is 56.8 Å². The molecule has 0 aromatic heterocycles. The molecule has 9 rings (SSSR count). The molecule has 9 aromatic rings. The number of benzene rings is 9. The van der Waals surface area contributed by atoms with Gasteiger partial charge in [0.25, 0.3) is 0 Å². The highest BCUT2D eigenvalue weighted by molar-refractivity contribution is 8.12. The van der Waals surface area contributed by atoms with Crippen LogP contribution in [-0.4, -0.2) is 0 Å². The van der Waals surface area contributed by atoms with E-state index < -0.39 is 29.5 Å². The van der Waals surface area contributed by atoms with Crippen molar-refractivity contribution >= 4 is 89.1 Å². The lowest BCUT2D eigenvalue weighted by Gasteiger charge is -2.30.